The minimum atomic E-state index is -0.605. The van der Waals surface area contributed by atoms with Crippen LogP contribution in [0.4, 0.5) is 5.69 Å². The van der Waals surface area contributed by atoms with Gasteiger partial charge < -0.3 is 9.64 Å². The Morgan fingerprint density at radius 3 is 2.89 bits per heavy atom. The highest BCUT2D eigenvalue weighted by atomic mass is 32.2. The van der Waals surface area contributed by atoms with Gasteiger partial charge in [0.1, 0.15) is 0 Å². The Kier molecular flexibility index (Phi) is 4.85. The minimum absolute atomic E-state index is 0.193. The first kappa shape index (κ1) is 17.6. The lowest BCUT2D eigenvalue weighted by molar-refractivity contribution is -0.121. The number of anilines is 1. The molecule has 0 bridgehead atoms. The number of thioether (sulfide) groups is 1. The lowest BCUT2D eigenvalue weighted by Crippen LogP contribution is -2.35. The van der Waals surface area contributed by atoms with Crippen LogP contribution in [0.3, 0.4) is 0 Å². The van der Waals surface area contributed by atoms with Gasteiger partial charge in [0.15, 0.2) is 12.3 Å². The largest absolute Gasteiger partial charge is 0.451 e. The number of ether oxygens (including phenoxy) is 1. The highest BCUT2D eigenvalue weighted by Crippen LogP contribution is 2.37. The molecule has 3 aromatic rings. The minimum Gasteiger partial charge on any atom is -0.451 e. The van der Waals surface area contributed by atoms with Gasteiger partial charge >= 0.3 is 5.97 Å². The van der Waals surface area contributed by atoms with Crippen molar-refractivity contribution in [2.75, 3.05) is 18.1 Å². The van der Waals surface area contributed by atoms with Gasteiger partial charge in [0.2, 0.25) is 0 Å². The molecule has 1 aliphatic heterocycles. The standard InChI is InChI=1S/C20H19N3O3S/c1-13-10-11-23(16-8-4-5-9-17(16)27-13)18(24)12-26-20(25)19-14-6-2-3-7-15(14)21-22-19/h2-9,13H,10-12H2,1H3,(H,21,22). The molecule has 1 amide bonds. The molecule has 0 aliphatic carbocycles. The van der Waals surface area contributed by atoms with Crippen molar-refractivity contribution in [3.05, 3.63) is 54.2 Å². The van der Waals surface area contributed by atoms with Crippen LogP contribution < -0.4 is 4.90 Å². The average molecular weight is 381 g/mol. The zero-order chi connectivity index (χ0) is 18.8. The van der Waals surface area contributed by atoms with E-state index in [0.717, 1.165) is 22.5 Å². The first-order valence-electron chi connectivity index (χ1n) is 8.80. The summed E-state index contributed by atoms with van der Waals surface area (Å²) in [5.41, 5.74) is 1.82. The first-order valence-corrected chi connectivity index (χ1v) is 9.68. The fourth-order valence-corrected chi connectivity index (χ4v) is 4.25. The van der Waals surface area contributed by atoms with Crippen LogP contribution in [0.2, 0.25) is 0 Å². The summed E-state index contributed by atoms with van der Waals surface area (Å²) in [5, 5.41) is 7.92. The smallest absolute Gasteiger partial charge is 0.359 e. The van der Waals surface area contributed by atoms with Gasteiger partial charge in [0, 0.05) is 22.1 Å². The predicted molar refractivity (Wildman–Crippen MR) is 105 cm³/mol. The van der Waals surface area contributed by atoms with E-state index in [9.17, 15) is 9.59 Å². The summed E-state index contributed by atoms with van der Waals surface area (Å²) in [6.07, 6.45) is 0.878. The van der Waals surface area contributed by atoms with Crippen LogP contribution in [0, 0.1) is 0 Å². The van der Waals surface area contributed by atoms with Crippen molar-refractivity contribution in [2.24, 2.45) is 0 Å². The van der Waals surface area contributed by atoms with E-state index < -0.39 is 5.97 Å². The van der Waals surface area contributed by atoms with Gasteiger partial charge in [0.05, 0.1) is 11.2 Å². The summed E-state index contributed by atoms with van der Waals surface area (Å²) in [5.74, 6) is -0.836. The number of hydrogen-bond donors (Lipinski definition) is 1. The molecule has 27 heavy (non-hydrogen) atoms. The summed E-state index contributed by atoms with van der Waals surface area (Å²) in [4.78, 5) is 27.9. The molecule has 4 rings (SSSR count). The molecule has 1 atom stereocenters. The van der Waals surface area contributed by atoms with Crippen LogP contribution >= 0.6 is 11.8 Å². The molecule has 0 saturated heterocycles. The summed E-state index contributed by atoms with van der Waals surface area (Å²) >= 11 is 1.76. The predicted octanol–water partition coefficient (Wildman–Crippen LogP) is 3.64. The number of amides is 1. The number of nitrogens with one attached hydrogen (secondary N) is 1. The van der Waals surface area contributed by atoms with Crippen LogP contribution in [-0.4, -0.2) is 40.5 Å². The van der Waals surface area contributed by atoms with Crippen LogP contribution in [0.15, 0.2) is 53.4 Å². The first-order chi connectivity index (χ1) is 13.1. The van der Waals surface area contributed by atoms with E-state index in [2.05, 4.69) is 17.1 Å². The van der Waals surface area contributed by atoms with Gasteiger partial charge in [0.25, 0.3) is 5.91 Å². The number of rotatable bonds is 3. The van der Waals surface area contributed by atoms with E-state index in [1.807, 2.05) is 42.5 Å². The highest BCUT2D eigenvalue weighted by Gasteiger charge is 2.25. The quantitative estimate of drug-likeness (QED) is 0.701. The van der Waals surface area contributed by atoms with Crippen LogP contribution in [0.25, 0.3) is 10.9 Å². The number of carbonyl (C=O) groups is 2. The second-order valence-electron chi connectivity index (χ2n) is 6.42. The molecule has 6 nitrogen and oxygen atoms in total. The van der Waals surface area contributed by atoms with E-state index >= 15 is 0 Å². The van der Waals surface area contributed by atoms with Crippen molar-refractivity contribution < 1.29 is 14.3 Å². The Bertz CT molecular complexity index is 1000. The van der Waals surface area contributed by atoms with Crippen LogP contribution in [0.1, 0.15) is 23.8 Å². The molecule has 1 aromatic heterocycles. The van der Waals surface area contributed by atoms with Crippen molar-refractivity contribution in [3.63, 3.8) is 0 Å². The number of aromatic amines is 1. The molecule has 1 unspecified atom stereocenters. The van der Waals surface area contributed by atoms with E-state index in [1.54, 1.807) is 22.7 Å². The lowest BCUT2D eigenvalue weighted by Gasteiger charge is -2.22. The molecule has 0 radical (unpaired) electrons. The molecule has 0 spiro atoms. The fourth-order valence-electron chi connectivity index (χ4n) is 3.14. The number of fused-ring (bicyclic) bond motifs is 2. The maximum Gasteiger partial charge on any atom is 0.359 e. The summed E-state index contributed by atoms with van der Waals surface area (Å²) in [6, 6.07) is 15.1. The summed E-state index contributed by atoms with van der Waals surface area (Å²) in [6.45, 7) is 2.44. The van der Waals surface area contributed by atoms with Crippen molar-refractivity contribution in [1.29, 1.82) is 0 Å². The Morgan fingerprint density at radius 2 is 2.00 bits per heavy atom. The lowest BCUT2D eigenvalue weighted by atomic mass is 10.2. The summed E-state index contributed by atoms with van der Waals surface area (Å²) < 4.78 is 5.27. The second kappa shape index (κ2) is 7.44. The van der Waals surface area contributed by atoms with Crippen molar-refractivity contribution in [2.45, 2.75) is 23.5 Å². The van der Waals surface area contributed by atoms with Gasteiger partial charge in [-0.05, 0) is 24.6 Å². The fraction of sp³-hybridized carbons (Fsp3) is 0.250. The van der Waals surface area contributed by atoms with Crippen molar-refractivity contribution in [3.8, 4) is 0 Å². The number of aromatic nitrogens is 2. The van der Waals surface area contributed by atoms with E-state index in [4.69, 9.17) is 4.74 Å². The number of carbonyl (C=O) groups excluding carboxylic acids is 2. The highest BCUT2D eigenvalue weighted by molar-refractivity contribution is 8.00. The molecule has 138 valence electrons. The van der Waals surface area contributed by atoms with Gasteiger partial charge in [-0.3, -0.25) is 9.89 Å². The molecular formula is C20H19N3O3S. The Labute approximate surface area is 160 Å². The zero-order valence-corrected chi connectivity index (χ0v) is 15.7. The molecule has 2 heterocycles. The maximum atomic E-state index is 12.8. The monoisotopic (exact) mass is 381 g/mol. The zero-order valence-electron chi connectivity index (χ0n) is 14.8. The van der Waals surface area contributed by atoms with Crippen molar-refractivity contribution in [1.82, 2.24) is 10.2 Å². The van der Waals surface area contributed by atoms with E-state index in [-0.39, 0.29) is 18.2 Å². The van der Waals surface area contributed by atoms with Crippen LogP contribution in [-0.2, 0) is 9.53 Å². The third-order valence-electron chi connectivity index (χ3n) is 4.53. The number of esters is 1. The number of nitrogens with zero attached hydrogens (tertiary/aromatic N) is 2. The second-order valence-corrected chi connectivity index (χ2v) is 7.90. The molecule has 2 aromatic carbocycles. The van der Waals surface area contributed by atoms with Gasteiger partial charge in [-0.25, -0.2) is 4.79 Å². The molecule has 1 aliphatic rings. The molecular weight excluding hydrogens is 362 g/mol. The summed E-state index contributed by atoms with van der Waals surface area (Å²) in [7, 11) is 0. The molecule has 1 N–H and O–H groups in total. The van der Waals surface area contributed by atoms with E-state index in [1.165, 1.54) is 0 Å². The van der Waals surface area contributed by atoms with Crippen LogP contribution in [0.5, 0.6) is 0 Å². The average Bonchev–Trinajstić information content (AvgIpc) is 3.03. The third-order valence-corrected chi connectivity index (χ3v) is 5.77. The molecule has 7 heteroatoms. The van der Waals surface area contributed by atoms with Gasteiger partial charge in [-0.2, -0.15) is 5.10 Å². The number of hydrogen-bond acceptors (Lipinski definition) is 5. The third kappa shape index (κ3) is 3.55. The maximum absolute atomic E-state index is 12.8. The molecule has 0 saturated carbocycles. The van der Waals surface area contributed by atoms with Crippen molar-refractivity contribution >= 4 is 40.2 Å². The van der Waals surface area contributed by atoms with Gasteiger partial charge in [-0.15, -0.1) is 11.8 Å². The Hall–Kier alpha value is -2.80. The normalized spacial score (nSPS) is 16.6. The number of H-pyrrole nitrogens is 1. The molecule has 0 fully saturated rings. The SMILES string of the molecule is CC1CCN(C(=O)COC(=O)c2n[nH]c3ccccc23)c2ccccc2S1. The number of para-hydroxylation sites is 2. The van der Waals surface area contributed by atoms with E-state index in [0.29, 0.717) is 17.2 Å². The Balaban J connectivity index is 1.49. The Morgan fingerprint density at radius 1 is 1.22 bits per heavy atom. The topological polar surface area (TPSA) is 75.3 Å². The number of benzene rings is 2. The van der Waals surface area contributed by atoms with Gasteiger partial charge in [-0.1, -0.05) is 37.3 Å².